The summed E-state index contributed by atoms with van der Waals surface area (Å²) in [6, 6.07) is 7.70. The molecule has 0 radical (unpaired) electrons. The number of methoxy groups -OCH3 is 1. The zero-order valence-electron chi connectivity index (χ0n) is 9.69. The van der Waals surface area contributed by atoms with E-state index in [1.54, 1.807) is 11.8 Å². The van der Waals surface area contributed by atoms with Crippen LogP contribution in [0.5, 0.6) is 5.75 Å². The maximum absolute atomic E-state index is 5.91. The van der Waals surface area contributed by atoms with Crippen molar-refractivity contribution in [2.45, 2.75) is 13.8 Å². The lowest BCUT2D eigenvalue weighted by molar-refractivity contribution is 0.411. The average molecular weight is 217 g/mol. The molecular formula is C12H15N3O. The van der Waals surface area contributed by atoms with Gasteiger partial charge in [-0.15, -0.1) is 0 Å². The molecule has 0 amide bonds. The number of hydrogen-bond donors (Lipinski definition) is 1. The molecule has 0 aliphatic carbocycles. The molecule has 0 unspecified atom stereocenters. The lowest BCUT2D eigenvalue weighted by atomic mass is 10.2. The molecule has 2 aromatic rings. The Balaban J connectivity index is 2.67. The fourth-order valence-corrected chi connectivity index (χ4v) is 1.77. The summed E-state index contributed by atoms with van der Waals surface area (Å²) >= 11 is 0. The number of para-hydroxylation sites is 1. The quantitative estimate of drug-likeness (QED) is 0.837. The van der Waals surface area contributed by atoms with E-state index in [1.165, 1.54) is 0 Å². The Labute approximate surface area is 94.6 Å². The summed E-state index contributed by atoms with van der Waals surface area (Å²) in [6.07, 6.45) is 0. The molecule has 0 fully saturated rings. The van der Waals surface area contributed by atoms with Crippen LogP contribution >= 0.6 is 0 Å². The summed E-state index contributed by atoms with van der Waals surface area (Å²) in [5.74, 6) is 1.39. The molecule has 4 heteroatoms. The number of anilines is 1. The van der Waals surface area contributed by atoms with Crippen molar-refractivity contribution in [3.05, 3.63) is 35.5 Å². The molecule has 84 valence electrons. The van der Waals surface area contributed by atoms with Crippen molar-refractivity contribution >= 4 is 5.82 Å². The third kappa shape index (κ3) is 1.62. The Hall–Kier alpha value is -1.97. The molecule has 1 heterocycles. The van der Waals surface area contributed by atoms with Gasteiger partial charge in [-0.05, 0) is 25.5 Å². The largest absolute Gasteiger partial charge is 0.494 e. The molecule has 0 aliphatic heterocycles. The topological polar surface area (TPSA) is 53.1 Å². The van der Waals surface area contributed by atoms with Gasteiger partial charge < -0.3 is 10.5 Å². The van der Waals surface area contributed by atoms with Crippen molar-refractivity contribution in [3.8, 4) is 11.4 Å². The second-order valence-corrected chi connectivity index (χ2v) is 3.75. The van der Waals surface area contributed by atoms with Crippen molar-refractivity contribution in [2.75, 3.05) is 12.8 Å². The zero-order chi connectivity index (χ0) is 11.7. The van der Waals surface area contributed by atoms with Crippen LogP contribution in [0.1, 0.15) is 11.3 Å². The molecular weight excluding hydrogens is 202 g/mol. The molecule has 0 saturated carbocycles. The lowest BCUT2D eigenvalue weighted by Gasteiger charge is -2.12. The van der Waals surface area contributed by atoms with Crippen molar-refractivity contribution in [1.29, 1.82) is 0 Å². The lowest BCUT2D eigenvalue weighted by Crippen LogP contribution is -2.05. The monoisotopic (exact) mass is 217 g/mol. The normalized spacial score (nSPS) is 10.4. The molecule has 2 N–H and O–H groups in total. The Bertz CT molecular complexity index is 517. The average Bonchev–Trinajstić information content (AvgIpc) is 2.57. The van der Waals surface area contributed by atoms with Crippen molar-refractivity contribution in [1.82, 2.24) is 9.78 Å². The Morgan fingerprint density at radius 3 is 2.62 bits per heavy atom. The van der Waals surface area contributed by atoms with Crippen LogP contribution in [0, 0.1) is 13.8 Å². The van der Waals surface area contributed by atoms with Crippen LogP contribution in [0.4, 0.5) is 5.82 Å². The Kier molecular flexibility index (Phi) is 2.56. The minimum Gasteiger partial charge on any atom is -0.494 e. The van der Waals surface area contributed by atoms with Gasteiger partial charge in [0.25, 0.3) is 0 Å². The van der Waals surface area contributed by atoms with Crippen LogP contribution in [0.25, 0.3) is 5.69 Å². The predicted octanol–water partition coefficient (Wildman–Crippen LogP) is 2.08. The number of rotatable bonds is 2. The van der Waals surface area contributed by atoms with E-state index < -0.39 is 0 Å². The SMILES string of the molecule is COc1cccc(C)c1-n1nc(C)cc1N. The number of benzene rings is 1. The molecule has 4 nitrogen and oxygen atoms in total. The number of nitrogen functional groups attached to an aromatic ring is 1. The van der Waals surface area contributed by atoms with E-state index in [2.05, 4.69) is 5.10 Å². The third-order valence-corrected chi connectivity index (χ3v) is 2.49. The van der Waals surface area contributed by atoms with E-state index in [4.69, 9.17) is 10.5 Å². The first-order chi connectivity index (χ1) is 7.63. The molecule has 16 heavy (non-hydrogen) atoms. The van der Waals surface area contributed by atoms with Gasteiger partial charge in [0, 0.05) is 6.07 Å². The van der Waals surface area contributed by atoms with E-state index >= 15 is 0 Å². The van der Waals surface area contributed by atoms with Gasteiger partial charge in [0.05, 0.1) is 12.8 Å². The van der Waals surface area contributed by atoms with E-state index in [0.717, 1.165) is 22.7 Å². The van der Waals surface area contributed by atoms with Crippen LogP contribution in [0.2, 0.25) is 0 Å². The molecule has 0 aliphatic rings. The van der Waals surface area contributed by atoms with Gasteiger partial charge >= 0.3 is 0 Å². The van der Waals surface area contributed by atoms with Crippen molar-refractivity contribution in [3.63, 3.8) is 0 Å². The van der Waals surface area contributed by atoms with E-state index in [-0.39, 0.29) is 0 Å². The summed E-state index contributed by atoms with van der Waals surface area (Å²) < 4.78 is 7.04. The maximum Gasteiger partial charge on any atom is 0.144 e. The molecule has 2 rings (SSSR count). The highest BCUT2D eigenvalue weighted by molar-refractivity contribution is 5.55. The number of nitrogens with two attached hydrogens (primary N) is 1. The van der Waals surface area contributed by atoms with Crippen LogP contribution < -0.4 is 10.5 Å². The van der Waals surface area contributed by atoms with Gasteiger partial charge in [0.1, 0.15) is 17.3 Å². The van der Waals surface area contributed by atoms with E-state index in [1.807, 2.05) is 38.1 Å². The van der Waals surface area contributed by atoms with Crippen molar-refractivity contribution in [2.24, 2.45) is 0 Å². The van der Waals surface area contributed by atoms with E-state index in [0.29, 0.717) is 5.82 Å². The number of ether oxygens (including phenoxy) is 1. The summed E-state index contributed by atoms with van der Waals surface area (Å²) in [5.41, 5.74) is 8.78. The molecule has 0 bridgehead atoms. The third-order valence-electron chi connectivity index (χ3n) is 2.49. The number of nitrogens with zero attached hydrogens (tertiary/aromatic N) is 2. The van der Waals surface area contributed by atoms with Gasteiger partial charge in [0.15, 0.2) is 0 Å². The van der Waals surface area contributed by atoms with Gasteiger partial charge in [0.2, 0.25) is 0 Å². The molecule has 0 spiro atoms. The first kappa shape index (κ1) is 10.5. The predicted molar refractivity (Wildman–Crippen MR) is 64.0 cm³/mol. The molecule has 1 aromatic carbocycles. The highest BCUT2D eigenvalue weighted by atomic mass is 16.5. The number of aryl methyl sites for hydroxylation is 2. The van der Waals surface area contributed by atoms with Crippen molar-refractivity contribution < 1.29 is 4.74 Å². The summed E-state index contributed by atoms with van der Waals surface area (Å²) in [6.45, 7) is 3.92. The first-order valence-electron chi connectivity index (χ1n) is 5.09. The molecule has 0 saturated heterocycles. The fraction of sp³-hybridized carbons (Fsp3) is 0.250. The molecule has 1 aromatic heterocycles. The first-order valence-corrected chi connectivity index (χ1v) is 5.09. The van der Waals surface area contributed by atoms with Crippen LogP contribution in [0.3, 0.4) is 0 Å². The standard InChI is InChI=1S/C12H15N3O/c1-8-5-4-6-10(16-3)12(8)15-11(13)7-9(2)14-15/h4-7H,13H2,1-3H3. The zero-order valence-corrected chi connectivity index (χ0v) is 9.69. The fourth-order valence-electron chi connectivity index (χ4n) is 1.77. The van der Waals surface area contributed by atoms with Crippen LogP contribution in [-0.2, 0) is 0 Å². The Morgan fingerprint density at radius 2 is 2.06 bits per heavy atom. The maximum atomic E-state index is 5.91. The second kappa shape index (κ2) is 3.89. The highest BCUT2D eigenvalue weighted by Crippen LogP contribution is 2.27. The molecule has 0 atom stereocenters. The van der Waals surface area contributed by atoms with E-state index in [9.17, 15) is 0 Å². The highest BCUT2D eigenvalue weighted by Gasteiger charge is 2.12. The minimum absolute atomic E-state index is 0.616. The minimum atomic E-state index is 0.616. The van der Waals surface area contributed by atoms with Crippen LogP contribution in [0.15, 0.2) is 24.3 Å². The van der Waals surface area contributed by atoms with Gasteiger partial charge in [-0.1, -0.05) is 12.1 Å². The number of aromatic nitrogens is 2. The van der Waals surface area contributed by atoms with Gasteiger partial charge in [-0.2, -0.15) is 5.10 Å². The summed E-state index contributed by atoms with van der Waals surface area (Å²) in [7, 11) is 1.64. The van der Waals surface area contributed by atoms with Gasteiger partial charge in [-0.25, -0.2) is 4.68 Å². The van der Waals surface area contributed by atoms with Gasteiger partial charge in [-0.3, -0.25) is 0 Å². The smallest absolute Gasteiger partial charge is 0.144 e. The Morgan fingerprint density at radius 1 is 1.31 bits per heavy atom. The van der Waals surface area contributed by atoms with Crippen LogP contribution in [-0.4, -0.2) is 16.9 Å². The number of hydrogen-bond acceptors (Lipinski definition) is 3. The summed E-state index contributed by atoms with van der Waals surface area (Å²) in [5, 5.41) is 4.36. The summed E-state index contributed by atoms with van der Waals surface area (Å²) in [4.78, 5) is 0. The second-order valence-electron chi connectivity index (χ2n) is 3.75.